The number of alkyl halides is 6. The van der Waals surface area contributed by atoms with E-state index in [1.54, 1.807) is 13.8 Å². The summed E-state index contributed by atoms with van der Waals surface area (Å²) in [4.78, 5) is 0. The Bertz CT molecular complexity index is 232. The molecule has 1 N–H and O–H groups in total. The molecular weight excluding hydrogens is 254 g/mol. The van der Waals surface area contributed by atoms with Gasteiger partial charge in [-0.15, -0.1) is 0 Å². The van der Waals surface area contributed by atoms with E-state index in [1.807, 2.05) is 0 Å². The Morgan fingerprint density at radius 3 is 1.94 bits per heavy atom. The number of hydrogen-bond donors (Lipinski definition) is 1. The van der Waals surface area contributed by atoms with Gasteiger partial charge in [0.25, 0.3) is 0 Å². The zero-order chi connectivity index (χ0) is 13.9. The first-order chi connectivity index (χ1) is 7.50. The van der Waals surface area contributed by atoms with Crippen LogP contribution in [0.4, 0.5) is 26.3 Å². The molecule has 0 fully saturated rings. The lowest BCUT2D eigenvalue weighted by Crippen LogP contribution is -2.49. The van der Waals surface area contributed by atoms with Gasteiger partial charge >= 0.3 is 18.5 Å². The normalized spacial score (nSPS) is 15.7. The van der Waals surface area contributed by atoms with E-state index in [2.05, 4.69) is 4.74 Å². The number of ether oxygens (including phenoxy) is 1. The Morgan fingerprint density at radius 1 is 1.12 bits per heavy atom. The molecule has 0 saturated carbocycles. The molecule has 0 saturated heterocycles. The van der Waals surface area contributed by atoms with Crippen LogP contribution in [0.1, 0.15) is 20.3 Å². The second-order valence-corrected chi connectivity index (χ2v) is 4.03. The summed E-state index contributed by atoms with van der Waals surface area (Å²) in [5, 5.41) is 9.10. The van der Waals surface area contributed by atoms with E-state index in [0.717, 1.165) is 0 Å². The van der Waals surface area contributed by atoms with Gasteiger partial charge in [0, 0.05) is 0 Å². The molecule has 1 unspecified atom stereocenters. The monoisotopic (exact) mass is 268 g/mol. The van der Waals surface area contributed by atoms with Crippen molar-refractivity contribution in [2.45, 2.75) is 44.8 Å². The highest BCUT2D eigenvalue weighted by Gasteiger charge is 2.64. The molecular formula is C9H14F6O2. The summed E-state index contributed by atoms with van der Waals surface area (Å²) in [6.45, 7) is 2.19. The van der Waals surface area contributed by atoms with Crippen molar-refractivity contribution in [1.82, 2.24) is 0 Å². The van der Waals surface area contributed by atoms with E-state index in [4.69, 9.17) is 5.11 Å². The molecule has 0 rings (SSSR count). The van der Waals surface area contributed by atoms with E-state index < -0.39 is 31.2 Å². The van der Waals surface area contributed by atoms with E-state index >= 15 is 0 Å². The van der Waals surface area contributed by atoms with Crippen LogP contribution < -0.4 is 0 Å². The van der Waals surface area contributed by atoms with E-state index in [-0.39, 0.29) is 12.3 Å². The zero-order valence-electron chi connectivity index (χ0n) is 9.27. The van der Waals surface area contributed by atoms with Gasteiger partial charge in [-0.1, -0.05) is 13.8 Å². The summed E-state index contributed by atoms with van der Waals surface area (Å²) in [6.07, 6.45) is -11.2. The van der Waals surface area contributed by atoms with Crippen molar-refractivity contribution in [2.24, 2.45) is 5.92 Å². The van der Waals surface area contributed by atoms with Gasteiger partial charge in [-0.3, -0.25) is 0 Å². The molecule has 0 aromatic rings. The Kier molecular flexibility index (Phi) is 5.73. The number of hydrogen-bond acceptors (Lipinski definition) is 2. The predicted molar refractivity (Wildman–Crippen MR) is 47.3 cm³/mol. The quantitative estimate of drug-likeness (QED) is 0.719. The molecule has 0 aliphatic rings. The fourth-order valence-electron chi connectivity index (χ4n) is 1.04. The van der Waals surface area contributed by atoms with Gasteiger partial charge in [0.15, 0.2) is 0 Å². The minimum absolute atomic E-state index is 0.0380. The maximum absolute atomic E-state index is 12.6. The summed E-state index contributed by atoms with van der Waals surface area (Å²) in [5.41, 5.74) is 0. The Morgan fingerprint density at radius 2 is 1.59 bits per heavy atom. The number of aliphatic hydroxyl groups is 1. The highest BCUT2D eigenvalue weighted by atomic mass is 19.3. The Hall–Kier alpha value is -0.500. The highest BCUT2D eigenvalue weighted by Crippen LogP contribution is 2.39. The molecule has 0 amide bonds. The molecule has 2 nitrogen and oxygen atoms in total. The first-order valence-electron chi connectivity index (χ1n) is 4.86. The van der Waals surface area contributed by atoms with Crippen molar-refractivity contribution >= 4 is 0 Å². The lowest BCUT2D eigenvalue weighted by atomic mass is 10.1. The van der Waals surface area contributed by atoms with Gasteiger partial charge in [0.1, 0.15) is 0 Å². The smallest absolute Gasteiger partial charge is 0.391 e. The van der Waals surface area contributed by atoms with Crippen LogP contribution in [0.15, 0.2) is 0 Å². The van der Waals surface area contributed by atoms with Crippen molar-refractivity contribution in [1.29, 1.82) is 0 Å². The van der Waals surface area contributed by atoms with E-state index in [1.165, 1.54) is 0 Å². The van der Waals surface area contributed by atoms with Crippen LogP contribution in [0.5, 0.6) is 0 Å². The average molecular weight is 268 g/mol. The fourth-order valence-corrected chi connectivity index (χ4v) is 1.04. The Balaban J connectivity index is 4.36. The lowest BCUT2D eigenvalue weighted by molar-refractivity contribution is -0.377. The first-order valence-corrected chi connectivity index (χ1v) is 4.86. The maximum Gasteiger partial charge on any atom is 0.425 e. The molecule has 8 heteroatoms. The SMILES string of the molecule is CC(C)CC(O)COC(F)(F)C(F)(F)C(F)F. The molecule has 0 radical (unpaired) electrons. The lowest BCUT2D eigenvalue weighted by Gasteiger charge is -2.26. The fraction of sp³-hybridized carbons (Fsp3) is 1.00. The standard InChI is InChI=1S/C9H14F6O2/c1-5(2)3-6(16)4-17-9(14,15)8(12,13)7(10)11/h5-7,16H,3-4H2,1-2H3. The summed E-state index contributed by atoms with van der Waals surface area (Å²) >= 11 is 0. The van der Waals surface area contributed by atoms with Crippen molar-refractivity contribution in [3.8, 4) is 0 Å². The molecule has 104 valence electrons. The third-order valence-electron chi connectivity index (χ3n) is 1.86. The molecule has 0 heterocycles. The molecule has 0 aliphatic heterocycles. The number of aliphatic hydroxyl groups excluding tert-OH is 1. The third-order valence-corrected chi connectivity index (χ3v) is 1.86. The molecule has 0 aromatic heterocycles. The van der Waals surface area contributed by atoms with E-state index in [0.29, 0.717) is 0 Å². The van der Waals surface area contributed by atoms with Gasteiger partial charge in [0.2, 0.25) is 0 Å². The summed E-state index contributed by atoms with van der Waals surface area (Å²) in [6, 6.07) is 0. The van der Waals surface area contributed by atoms with Crippen LogP contribution in [-0.4, -0.2) is 36.3 Å². The third kappa shape index (κ3) is 4.71. The summed E-state index contributed by atoms with van der Waals surface area (Å²) in [5.74, 6) is -5.65. The average Bonchev–Trinajstić information content (AvgIpc) is 2.13. The molecule has 0 aromatic carbocycles. The highest BCUT2D eigenvalue weighted by molar-refractivity contribution is 4.80. The van der Waals surface area contributed by atoms with Gasteiger partial charge in [0.05, 0.1) is 12.7 Å². The first kappa shape index (κ1) is 16.5. The second-order valence-electron chi connectivity index (χ2n) is 4.03. The molecule has 17 heavy (non-hydrogen) atoms. The van der Waals surface area contributed by atoms with Crippen LogP contribution in [0.25, 0.3) is 0 Å². The summed E-state index contributed by atoms with van der Waals surface area (Å²) in [7, 11) is 0. The minimum atomic E-state index is -5.58. The van der Waals surface area contributed by atoms with Gasteiger partial charge < -0.3 is 9.84 Å². The van der Waals surface area contributed by atoms with Crippen LogP contribution in [0.3, 0.4) is 0 Å². The van der Waals surface area contributed by atoms with Gasteiger partial charge in [-0.05, 0) is 12.3 Å². The Labute approximate surface area is 94.6 Å². The van der Waals surface area contributed by atoms with Crippen LogP contribution in [0.2, 0.25) is 0 Å². The van der Waals surface area contributed by atoms with Gasteiger partial charge in [-0.25, -0.2) is 8.78 Å². The van der Waals surface area contributed by atoms with Crippen LogP contribution in [-0.2, 0) is 4.74 Å². The van der Waals surface area contributed by atoms with Crippen molar-refractivity contribution in [3.63, 3.8) is 0 Å². The van der Waals surface area contributed by atoms with Crippen molar-refractivity contribution in [3.05, 3.63) is 0 Å². The van der Waals surface area contributed by atoms with Crippen molar-refractivity contribution in [2.75, 3.05) is 6.61 Å². The second kappa shape index (κ2) is 5.90. The minimum Gasteiger partial charge on any atom is -0.391 e. The van der Waals surface area contributed by atoms with Gasteiger partial charge in [-0.2, -0.15) is 17.6 Å². The molecule has 0 bridgehead atoms. The van der Waals surface area contributed by atoms with Crippen LogP contribution >= 0.6 is 0 Å². The molecule has 0 aliphatic carbocycles. The van der Waals surface area contributed by atoms with E-state index in [9.17, 15) is 26.3 Å². The predicted octanol–water partition coefficient (Wildman–Crippen LogP) is 2.90. The topological polar surface area (TPSA) is 29.5 Å². The van der Waals surface area contributed by atoms with Crippen molar-refractivity contribution < 1.29 is 36.2 Å². The number of halogens is 6. The summed E-state index contributed by atoms with van der Waals surface area (Å²) < 4.78 is 76.6. The largest absolute Gasteiger partial charge is 0.425 e. The van der Waals surface area contributed by atoms with Crippen LogP contribution in [0, 0.1) is 5.92 Å². The molecule has 1 atom stereocenters. The molecule has 0 spiro atoms. The number of rotatable bonds is 7. The zero-order valence-corrected chi connectivity index (χ0v) is 9.27. The maximum atomic E-state index is 12.6.